The van der Waals surface area contributed by atoms with E-state index >= 15 is 0 Å². The summed E-state index contributed by atoms with van der Waals surface area (Å²) in [5, 5.41) is 2.75. The topological polar surface area (TPSA) is 12.0 Å². The van der Waals surface area contributed by atoms with E-state index in [0.29, 0.717) is 0 Å². The van der Waals surface area contributed by atoms with E-state index in [-0.39, 0.29) is 17.1 Å². The van der Waals surface area contributed by atoms with Crippen molar-refractivity contribution < 1.29 is 17.1 Å². The first-order chi connectivity index (χ1) is 1.41. The molecule has 4 heavy (non-hydrogen) atoms. The van der Waals surface area contributed by atoms with Gasteiger partial charge < -0.3 is 5.32 Å². The third-order valence-electron chi connectivity index (χ3n) is 0. The predicted octanol–water partition coefficient (Wildman–Crippen LogP) is -0.167. The first-order valence-corrected chi connectivity index (χ1v) is 1.00. The van der Waals surface area contributed by atoms with Crippen LogP contribution in [0.4, 0.5) is 0 Å². The molecule has 0 aromatic rings. The Hall–Kier alpha value is 0.479. The maximum atomic E-state index is 2.75. The van der Waals surface area contributed by atoms with Crippen molar-refractivity contribution in [3.05, 3.63) is 0 Å². The van der Waals surface area contributed by atoms with Crippen molar-refractivity contribution in [2.45, 2.75) is 0 Å². The summed E-state index contributed by atoms with van der Waals surface area (Å²) in [6, 6.07) is 0. The molecular weight excluding hydrogens is 102 g/mol. The monoisotopic (exact) mass is 108 g/mol. The molecule has 0 amide bonds. The molecular formula is C2H7CuN. The SMILES string of the molecule is CNC.[Cu]. The number of hydrogen-bond acceptors (Lipinski definition) is 1. The summed E-state index contributed by atoms with van der Waals surface area (Å²) in [5.74, 6) is 0. The van der Waals surface area contributed by atoms with E-state index in [1.807, 2.05) is 14.1 Å². The Labute approximate surface area is 37.2 Å². The van der Waals surface area contributed by atoms with Gasteiger partial charge in [-0.1, -0.05) is 0 Å². The fourth-order valence-corrected chi connectivity index (χ4v) is 0. The van der Waals surface area contributed by atoms with Crippen LogP contribution in [-0.4, -0.2) is 14.1 Å². The molecule has 0 spiro atoms. The summed E-state index contributed by atoms with van der Waals surface area (Å²) >= 11 is 0. The second-order valence-corrected chi connectivity index (χ2v) is 0.500. The number of hydrogen-bond donors (Lipinski definition) is 1. The third kappa shape index (κ3) is 23.6. The molecule has 0 aliphatic carbocycles. The minimum absolute atomic E-state index is 0. The Morgan fingerprint density at radius 2 is 1.25 bits per heavy atom. The minimum Gasteiger partial charge on any atom is -0.323 e. The van der Waals surface area contributed by atoms with Crippen LogP contribution in [0.2, 0.25) is 0 Å². The second kappa shape index (κ2) is 9.77. The Balaban J connectivity index is 0. The quantitative estimate of drug-likeness (QED) is 0.425. The van der Waals surface area contributed by atoms with Gasteiger partial charge in [0, 0.05) is 17.1 Å². The van der Waals surface area contributed by atoms with Crippen LogP contribution in [0.1, 0.15) is 0 Å². The zero-order valence-corrected chi connectivity index (χ0v) is 3.74. The second-order valence-electron chi connectivity index (χ2n) is 0.500. The first-order valence-electron chi connectivity index (χ1n) is 1.00. The van der Waals surface area contributed by atoms with Crippen molar-refractivity contribution in [2.75, 3.05) is 14.1 Å². The summed E-state index contributed by atoms with van der Waals surface area (Å²) in [6.45, 7) is 0. The van der Waals surface area contributed by atoms with Crippen molar-refractivity contribution in [3.63, 3.8) is 0 Å². The third-order valence-corrected chi connectivity index (χ3v) is 0. The molecule has 0 aliphatic heterocycles. The van der Waals surface area contributed by atoms with Gasteiger partial charge >= 0.3 is 0 Å². The smallest absolute Gasteiger partial charge is 0 e. The van der Waals surface area contributed by atoms with Gasteiger partial charge in [0.2, 0.25) is 0 Å². The van der Waals surface area contributed by atoms with Gasteiger partial charge in [-0.15, -0.1) is 0 Å². The molecule has 0 rings (SSSR count). The van der Waals surface area contributed by atoms with Gasteiger partial charge in [0.25, 0.3) is 0 Å². The van der Waals surface area contributed by atoms with Crippen molar-refractivity contribution in [2.24, 2.45) is 0 Å². The van der Waals surface area contributed by atoms with E-state index in [1.165, 1.54) is 0 Å². The van der Waals surface area contributed by atoms with Crippen LogP contribution in [0.3, 0.4) is 0 Å². The Morgan fingerprint density at radius 1 is 1.25 bits per heavy atom. The van der Waals surface area contributed by atoms with E-state index in [4.69, 9.17) is 0 Å². The van der Waals surface area contributed by atoms with E-state index in [1.54, 1.807) is 0 Å². The first kappa shape index (κ1) is 8.82. The molecule has 0 bridgehead atoms. The molecule has 1 radical (unpaired) electrons. The molecule has 0 unspecified atom stereocenters. The van der Waals surface area contributed by atoms with E-state index in [2.05, 4.69) is 5.32 Å². The van der Waals surface area contributed by atoms with E-state index < -0.39 is 0 Å². The van der Waals surface area contributed by atoms with Crippen LogP contribution in [0.5, 0.6) is 0 Å². The molecule has 0 fully saturated rings. The summed E-state index contributed by atoms with van der Waals surface area (Å²) in [7, 11) is 3.75. The van der Waals surface area contributed by atoms with Gasteiger partial charge in [-0.05, 0) is 14.1 Å². The van der Waals surface area contributed by atoms with Gasteiger partial charge in [-0.2, -0.15) is 0 Å². The van der Waals surface area contributed by atoms with Gasteiger partial charge in [0.05, 0.1) is 0 Å². The average Bonchev–Trinajstić information content (AvgIpc) is 0.918. The number of nitrogens with one attached hydrogen (secondary N) is 1. The fraction of sp³-hybridized carbons (Fsp3) is 1.00. The molecule has 0 aliphatic rings. The van der Waals surface area contributed by atoms with Crippen LogP contribution in [-0.2, 0) is 17.1 Å². The van der Waals surface area contributed by atoms with Gasteiger partial charge in [-0.3, -0.25) is 0 Å². The maximum absolute atomic E-state index is 2.75. The molecule has 0 aromatic carbocycles. The van der Waals surface area contributed by atoms with Crippen LogP contribution in [0.25, 0.3) is 0 Å². The Morgan fingerprint density at radius 3 is 1.25 bits per heavy atom. The zero-order valence-electron chi connectivity index (χ0n) is 2.80. The normalized spacial score (nSPS) is 4.50. The molecule has 1 nitrogen and oxygen atoms in total. The molecule has 0 saturated carbocycles. The Kier molecular flexibility index (Phi) is 21.6. The zero-order chi connectivity index (χ0) is 2.71. The summed E-state index contributed by atoms with van der Waals surface area (Å²) in [4.78, 5) is 0. The van der Waals surface area contributed by atoms with E-state index in [0.717, 1.165) is 0 Å². The van der Waals surface area contributed by atoms with E-state index in [9.17, 15) is 0 Å². The summed E-state index contributed by atoms with van der Waals surface area (Å²) in [6.07, 6.45) is 0. The molecule has 31 valence electrons. The molecule has 2 heteroatoms. The Bertz CT molecular complexity index is 6.00. The summed E-state index contributed by atoms with van der Waals surface area (Å²) < 4.78 is 0. The van der Waals surface area contributed by atoms with Crippen LogP contribution >= 0.6 is 0 Å². The average molecular weight is 109 g/mol. The largest absolute Gasteiger partial charge is 0.323 e. The van der Waals surface area contributed by atoms with Crippen LogP contribution < -0.4 is 5.32 Å². The number of rotatable bonds is 0. The minimum atomic E-state index is 0. The van der Waals surface area contributed by atoms with Gasteiger partial charge in [-0.25, -0.2) is 0 Å². The molecule has 0 saturated heterocycles. The van der Waals surface area contributed by atoms with Crippen LogP contribution in [0.15, 0.2) is 0 Å². The van der Waals surface area contributed by atoms with Crippen LogP contribution in [0, 0.1) is 0 Å². The van der Waals surface area contributed by atoms with Crippen molar-refractivity contribution >= 4 is 0 Å². The van der Waals surface area contributed by atoms with Crippen molar-refractivity contribution in [3.8, 4) is 0 Å². The molecule has 1 N–H and O–H groups in total. The standard InChI is InChI=1S/C2H7N.Cu/c1-3-2;/h3H,1-2H3;. The maximum Gasteiger partial charge on any atom is 0 e. The van der Waals surface area contributed by atoms with Gasteiger partial charge in [0.15, 0.2) is 0 Å². The fourth-order valence-electron chi connectivity index (χ4n) is 0. The molecule has 0 heterocycles. The summed E-state index contributed by atoms with van der Waals surface area (Å²) in [5.41, 5.74) is 0. The molecule has 0 atom stereocenters. The van der Waals surface area contributed by atoms with Crippen molar-refractivity contribution in [1.29, 1.82) is 0 Å². The predicted molar refractivity (Wildman–Crippen MR) is 15.0 cm³/mol. The van der Waals surface area contributed by atoms with Gasteiger partial charge in [0.1, 0.15) is 0 Å². The van der Waals surface area contributed by atoms with Crippen molar-refractivity contribution in [1.82, 2.24) is 5.32 Å². The molecule has 0 aromatic heterocycles.